The topological polar surface area (TPSA) is 25.8 Å². The Bertz CT molecular complexity index is 1150. The van der Waals surface area contributed by atoms with Gasteiger partial charge in [0.2, 0.25) is 0 Å². The fourth-order valence-electron chi connectivity index (χ4n) is 3.69. The summed E-state index contributed by atoms with van der Waals surface area (Å²) in [6, 6.07) is 5.77. The number of hydrogen-bond acceptors (Lipinski definition) is 3. The normalized spacial score (nSPS) is 13.7. The Morgan fingerprint density at radius 1 is 0.758 bits per heavy atom. The van der Waals surface area contributed by atoms with E-state index in [9.17, 15) is 26.3 Å². The maximum atomic E-state index is 13.7. The first-order chi connectivity index (χ1) is 14.9. The van der Waals surface area contributed by atoms with E-state index in [1.807, 2.05) is 32.0 Å². The largest absolute Gasteiger partial charge is 0.394 e. The van der Waals surface area contributed by atoms with Gasteiger partial charge in [0.15, 0.2) is 0 Å². The standard InChI is InChI=1S/C24H26F6N2S/c1-13-7-14(2)9-15(8-13)18-20-19(32-12-31-18)16(10-21(3,4)23(25,26)27)17(33-20)11-22(5,6)24(28,29)30/h7-9,12H,10-11H2,1-6H3. The molecule has 0 amide bonds. The fraction of sp³-hybridized carbons (Fsp3) is 0.500. The zero-order chi connectivity index (χ0) is 25.0. The molecule has 0 unspecified atom stereocenters. The molecular weight excluding hydrogens is 462 g/mol. The predicted octanol–water partition coefficient (Wildman–Crippen LogP) is 8.24. The van der Waals surface area contributed by atoms with Gasteiger partial charge in [-0.25, -0.2) is 9.97 Å². The van der Waals surface area contributed by atoms with Gasteiger partial charge in [-0.2, -0.15) is 26.3 Å². The van der Waals surface area contributed by atoms with Crippen molar-refractivity contribution in [1.29, 1.82) is 0 Å². The number of rotatable bonds is 5. The number of nitrogens with zero attached hydrogens (tertiary/aromatic N) is 2. The van der Waals surface area contributed by atoms with Crippen molar-refractivity contribution in [2.24, 2.45) is 10.8 Å². The third-order valence-corrected chi connectivity index (χ3v) is 7.13. The first-order valence-corrected chi connectivity index (χ1v) is 11.2. The highest BCUT2D eigenvalue weighted by Crippen LogP contribution is 2.48. The van der Waals surface area contributed by atoms with Crippen LogP contribution in [-0.2, 0) is 12.8 Å². The van der Waals surface area contributed by atoms with Gasteiger partial charge in [-0.15, -0.1) is 11.3 Å². The molecule has 0 N–H and O–H groups in total. The fourth-order valence-corrected chi connectivity index (χ4v) is 5.20. The van der Waals surface area contributed by atoms with E-state index in [1.54, 1.807) is 0 Å². The molecular formula is C24H26F6N2S. The van der Waals surface area contributed by atoms with Crippen LogP contribution in [0.4, 0.5) is 26.3 Å². The second kappa shape index (κ2) is 8.25. The molecule has 9 heteroatoms. The number of benzene rings is 1. The first-order valence-electron chi connectivity index (χ1n) is 10.4. The van der Waals surface area contributed by atoms with Crippen LogP contribution in [0.1, 0.15) is 49.3 Å². The Hall–Kier alpha value is -2.16. The SMILES string of the molecule is Cc1cc(C)cc(-c2ncnc3c(CC(C)(C)C(F)(F)F)c(CC(C)(C)C(F)(F)F)sc23)c1. The zero-order valence-electron chi connectivity index (χ0n) is 19.3. The minimum Gasteiger partial charge on any atom is -0.235 e. The van der Waals surface area contributed by atoms with Gasteiger partial charge < -0.3 is 0 Å². The van der Waals surface area contributed by atoms with E-state index >= 15 is 0 Å². The molecule has 1 aromatic carbocycles. The van der Waals surface area contributed by atoms with Crippen molar-refractivity contribution < 1.29 is 26.3 Å². The van der Waals surface area contributed by atoms with Crippen LogP contribution < -0.4 is 0 Å². The summed E-state index contributed by atoms with van der Waals surface area (Å²) < 4.78 is 82.6. The zero-order valence-corrected chi connectivity index (χ0v) is 20.1. The van der Waals surface area contributed by atoms with E-state index in [0.29, 0.717) is 10.4 Å². The van der Waals surface area contributed by atoms with Crippen molar-refractivity contribution in [3.05, 3.63) is 46.1 Å². The van der Waals surface area contributed by atoms with Crippen LogP contribution in [0.15, 0.2) is 24.5 Å². The number of fused-ring (bicyclic) bond motifs is 1. The Morgan fingerprint density at radius 3 is 1.79 bits per heavy atom. The molecule has 33 heavy (non-hydrogen) atoms. The number of hydrogen-bond donors (Lipinski definition) is 0. The first kappa shape index (κ1) is 25.5. The number of halogens is 6. The van der Waals surface area contributed by atoms with Crippen LogP contribution in [0.3, 0.4) is 0 Å². The molecule has 2 heterocycles. The summed E-state index contributed by atoms with van der Waals surface area (Å²) in [5.74, 6) is 0. The molecule has 0 atom stereocenters. The van der Waals surface area contributed by atoms with Crippen LogP contribution >= 0.6 is 11.3 Å². The smallest absolute Gasteiger partial charge is 0.235 e. The van der Waals surface area contributed by atoms with Gasteiger partial charge in [0, 0.05) is 10.4 Å². The summed E-state index contributed by atoms with van der Waals surface area (Å²) in [4.78, 5) is 8.86. The van der Waals surface area contributed by atoms with Crippen LogP contribution in [0, 0.1) is 24.7 Å². The van der Waals surface area contributed by atoms with Crippen LogP contribution in [0.2, 0.25) is 0 Å². The maximum Gasteiger partial charge on any atom is 0.394 e. The van der Waals surface area contributed by atoms with Crippen molar-refractivity contribution >= 4 is 21.6 Å². The monoisotopic (exact) mass is 488 g/mol. The average molecular weight is 489 g/mol. The summed E-state index contributed by atoms with van der Waals surface area (Å²) in [5.41, 5.74) is -0.530. The van der Waals surface area contributed by atoms with Crippen LogP contribution in [-0.4, -0.2) is 22.3 Å². The lowest BCUT2D eigenvalue weighted by Gasteiger charge is -2.30. The van der Waals surface area contributed by atoms with Crippen molar-refractivity contribution in [2.75, 3.05) is 0 Å². The molecule has 180 valence electrons. The average Bonchev–Trinajstić information content (AvgIpc) is 2.95. The lowest BCUT2D eigenvalue weighted by molar-refractivity contribution is -0.212. The van der Waals surface area contributed by atoms with Crippen molar-refractivity contribution in [3.63, 3.8) is 0 Å². The van der Waals surface area contributed by atoms with Crippen molar-refractivity contribution in [2.45, 2.75) is 66.7 Å². The van der Waals surface area contributed by atoms with Crippen LogP contribution in [0.25, 0.3) is 21.5 Å². The highest BCUT2D eigenvalue weighted by atomic mass is 32.1. The Labute approximate surface area is 193 Å². The lowest BCUT2D eigenvalue weighted by atomic mass is 9.81. The lowest BCUT2D eigenvalue weighted by Crippen LogP contribution is -2.36. The quantitative estimate of drug-likeness (QED) is 0.338. The molecule has 3 rings (SSSR count). The molecule has 3 aromatic rings. The number of alkyl halides is 6. The summed E-state index contributed by atoms with van der Waals surface area (Å²) in [6.45, 7) is 8.07. The number of aromatic nitrogens is 2. The van der Waals surface area contributed by atoms with Gasteiger partial charge in [0.05, 0.1) is 26.7 Å². The minimum absolute atomic E-state index is 0.211. The highest BCUT2D eigenvalue weighted by molar-refractivity contribution is 7.19. The molecule has 0 spiro atoms. The number of aryl methyl sites for hydroxylation is 2. The summed E-state index contributed by atoms with van der Waals surface area (Å²) in [6.07, 6.45) is -8.68. The highest BCUT2D eigenvalue weighted by Gasteiger charge is 2.50. The molecule has 0 saturated heterocycles. The molecule has 2 nitrogen and oxygen atoms in total. The predicted molar refractivity (Wildman–Crippen MR) is 119 cm³/mol. The molecule has 0 aliphatic carbocycles. The molecule has 0 bridgehead atoms. The van der Waals surface area contributed by atoms with Gasteiger partial charge in [0.1, 0.15) is 6.33 Å². The Balaban J connectivity index is 2.27. The molecule has 0 fully saturated rings. The summed E-state index contributed by atoms with van der Waals surface area (Å²) in [7, 11) is 0. The molecule has 0 aliphatic heterocycles. The molecule has 2 aromatic heterocycles. The third-order valence-electron chi connectivity index (χ3n) is 5.90. The number of thiophene rings is 1. The maximum absolute atomic E-state index is 13.7. The van der Waals surface area contributed by atoms with E-state index < -0.39 is 36.0 Å². The Morgan fingerprint density at radius 2 is 1.27 bits per heavy atom. The Kier molecular flexibility index (Phi) is 6.37. The molecule has 0 aliphatic rings. The molecule has 0 saturated carbocycles. The summed E-state index contributed by atoms with van der Waals surface area (Å²) >= 11 is 1.06. The van der Waals surface area contributed by atoms with Gasteiger partial charge in [-0.05, 0) is 44.4 Å². The van der Waals surface area contributed by atoms with Gasteiger partial charge >= 0.3 is 12.4 Å². The van der Waals surface area contributed by atoms with Crippen molar-refractivity contribution in [3.8, 4) is 11.3 Å². The van der Waals surface area contributed by atoms with E-state index in [1.165, 1.54) is 6.33 Å². The van der Waals surface area contributed by atoms with E-state index in [-0.39, 0.29) is 16.0 Å². The van der Waals surface area contributed by atoms with Gasteiger partial charge in [-0.3, -0.25) is 0 Å². The second-order valence-corrected chi connectivity index (χ2v) is 11.0. The van der Waals surface area contributed by atoms with E-state index in [0.717, 1.165) is 55.7 Å². The van der Waals surface area contributed by atoms with Gasteiger partial charge in [0.25, 0.3) is 0 Å². The molecule has 0 radical (unpaired) electrons. The van der Waals surface area contributed by atoms with Crippen LogP contribution in [0.5, 0.6) is 0 Å². The minimum atomic E-state index is -4.53. The summed E-state index contributed by atoms with van der Waals surface area (Å²) in [5, 5.41) is 0. The van der Waals surface area contributed by atoms with Gasteiger partial charge in [-0.1, -0.05) is 44.9 Å². The van der Waals surface area contributed by atoms with E-state index in [4.69, 9.17) is 0 Å². The van der Waals surface area contributed by atoms with Crippen molar-refractivity contribution in [1.82, 2.24) is 9.97 Å². The third kappa shape index (κ3) is 5.03. The second-order valence-electron chi connectivity index (χ2n) is 9.90. The van der Waals surface area contributed by atoms with E-state index in [2.05, 4.69) is 9.97 Å².